The van der Waals surface area contributed by atoms with Crippen LogP contribution in [0.5, 0.6) is 0 Å². The van der Waals surface area contributed by atoms with Crippen molar-refractivity contribution >= 4 is 12.6 Å². The molecule has 1 rings (SSSR count). The molecule has 0 aliphatic heterocycles. The zero-order valence-corrected chi connectivity index (χ0v) is 8.37. The Bertz CT molecular complexity index is 319. The molecule has 66 valence electrons. The average molecular weight is 184 g/mol. The number of nitrogens with zero attached hydrogens (tertiary/aromatic N) is 1. The van der Waals surface area contributed by atoms with Crippen LogP contribution in [-0.2, 0) is 19.7 Å². The van der Waals surface area contributed by atoms with Crippen LogP contribution in [0.15, 0.2) is 23.1 Å². The van der Waals surface area contributed by atoms with Crippen LogP contribution in [-0.4, -0.2) is 4.57 Å². The van der Waals surface area contributed by atoms with Crippen LogP contribution >= 0.6 is 0 Å². The third kappa shape index (κ3) is 1.91. The van der Waals surface area contributed by atoms with E-state index in [-0.39, 0.29) is 5.56 Å². The van der Waals surface area contributed by atoms with Gasteiger partial charge >= 0.3 is 0 Å². The molecule has 0 saturated heterocycles. The molecular formula is C9H14NOS+. The highest BCUT2D eigenvalue weighted by molar-refractivity contribution is 7.59. The van der Waals surface area contributed by atoms with Crippen LogP contribution in [0.3, 0.4) is 0 Å². The number of pyridine rings is 1. The van der Waals surface area contributed by atoms with Crippen molar-refractivity contribution in [3.8, 4) is 0 Å². The largest absolute Gasteiger partial charge is 0.319 e. The van der Waals surface area contributed by atoms with Crippen molar-refractivity contribution in [1.82, 2.24) is 4.57 Å². The quantitative estimate of drug-likeness (QED) is 0.625. The Balaban J connectivity index is 3.05. The first-order valence-corrected chi connectivity index (χ1v) is 4.60. The first-order valence-electron chi connectivity index (χ1n) is 4.03. The predicted molar refractivity (Wildman–Crippen MR) is 54.9 cm³/mol. The fraction of sp³-hybridized carbons (Fsp3) is 0.444. The Kier molecular flexibility index (Phi) is 2.98. The zero-order chi connectivity index (χ0) is 9.14. The molecule has 1 unspecified atom stereocenters. The van der Waals surface area contributed by atoms with Crippen LogP contribution in [0.1, 0.15) is 24.2 Å². The molecule has 2 nitrogen and oxygen atoms in total. The summed E-state index contributed by atoms with van der Waals surface area (Å²) in [5.74, 6) is 0. The van der Waals surface area contributed by atoms with E-state index in [0.29, 0.717) is 5.25 Å². The van der Waals surface area contributed by atoms with Crippen molar-refractivity contribution in [2.45, 2.75) is 18.6 Å². The molecule has 0 radical (unpaired) electrons. The van der Waals surface area contributed by atoms with Crippen molar-refractivity contribution < 1.29 is 0 Å². The van der Waals surface area contributed by atoms with Gasteiger partial charge in [-0.2, -0.15) is 0 Å². The SMILES string of the molecule is CCC([SH2+])c1ccn(C)c(=O)c1. The Morgan fingerprint density at radius 2 is 2.33 bits per heavy atom. The first-order chi connectivity index (χ1) is 5.65. The number of aromatic nitrogens is 1. The van der Waals surface area contributed by atoms with Gasteiger partial charge in [0.2, 0.25) is 0 Å². The molecule has 12 heavy (non-hydrogen) atoms. The van der Waals surface area contributed by atoms with Crippen molar-refractivity contribution in [2.75, 3.05) is 0 Å². The summed E-state index contributed by atoms with van der Waals surface area (Å²) in [6.45, 7) is 2.08. The first kappa shape index (κ1) is 9.39. The second kappa shape index (κ2) is 3.81. The third-order valence-electron chi connectivity index (χ3n) is 1.94. The normalized spacial score (nSPS) is 12.9. The van der Waals surface area contributed by atoms with Crippen LogP contribution < -0.4 is 5.56 Å². The lowest BCUT2D eigenvalue weighted by atomic mass is 10.1. The van der Waals surface area contributed by atoms with E-state index in [1.54, 1.807) is 23.9 Å². The number of rotatable bonds is 2. The smallest absolute Gasteiger partial charge is 0.250 e. The highest BCUT2D eigenvalue weighted by atomic mass is 32.1. The summed E-state index contributed by atoms with van der Waals surface area (Å²) in [6, 6.07) is 3.63. The van der Waals surface area contributed by atoms with Gasteiger partial charge in [-0.15, -0.1) is 0 Å². The van der Waals surface area contributed by atoms with E-state index in [4.69, 9.17) is 0 Å². The molecule has 0 amide bonds. The second-order valence-electron chi connectivity index (χ2n) is 2.87. The van der Waals surface area contributed by atoms with Gasteiger partial charge in [0.05, 0.1) is 0 Å². The van der Waals surface area contributed by atoms with Gasteiger partial charge in [0.15, 0.2) is 0 Å². The average Bonchev–Trinajstić information content (AvgIpc) is 2.08. The van der Waals surface area contributed by atoms with E-state index >= 15 is 0 Å². The second-order valence-corrected chi connectivity index (χ2v) is 3.57. The fourth-order valence-electron chi connectivity index (χ4n) is 1.02. The molecule has 0 aliphatic rings. The summed E-state index contributed by atoms with van der Waals surface area (Å²) in [5.41, 5.74) is 1.10. The highest BCUT2D eigenvalue weighted by Gasteiger charge is 2.09. The molecule has 1 aromatic rings. The molecule has 0 aromatic carbocycles. The van der Waals surface area contributed by atoms with Crippen molar-refractivity contribution in [2.24, 2.45) is 7.05 Å². The minimum Gasteiger partial charge on any atom is -0.319 e. The van der Waals surface area contributed by atoms with Crippen LogP contribution in [0, 0.1) is 0 Å². The highest BCUT2D eigenvalue weighted by Crippen LogP contribution is 2.14. The van der Waals surface area contributed by atoms with Gasteiger partial charge in [-0.25, -0.2) is 0 Å². The summed E-state index contributed by atoms with van der Waals surface area (Å²) < 4.78 is 1.57. The van der Waals surface area contributed by atoms with E-state index in [2.05, 4.69) is 19.6 Å². The third-order valence-corrected chi connectivity index (χ3v) is 2.68. The maximum atomic E-state index is 11.2. The van der Waals surface area contributed by atoms with Crippen molar-refractivity contribution in [3.05, 3.63) is 34.2 Å². The number of aryl methyl sites for hydroxylation is 1. The van der Waals surface area contributed by atoms with Gasteiger partial charge < -0.3 is 4.57 Å². The van der Waals surface area contributed by atoms with E-state index in [1.165, 1.54) is 0 Å². The van der Waals surface area contributed by atoms with Gasteiger partial charge in [-0.05, 0) is 25.1 Å². The molecule has 0 N–H and O–H groups in total. The minimum atomic E-state index is 0.0456. The van der Waals surface area contributed by atoms with E-state index in [9.17, 15) is 4.79 Å². The van der Waals surface area contributed by atoms with E-state index in [1.807, 2.05) is 6.07 Å². The Morgan fingerprint density at radius 3 is 2.83 bits per heavy atom. The predicted octanol–water partition coefficient (Wildman–Crippen LogP) is 0.848. The van der Waals surface area contributed by atoms with Gasteiger partial charge in [-0.1, -0.05) is 6.92 Å². The Labute approximate surface area is 77.6 Å². The maximum Gasteiger partial charge on any atom is 0.250 e. The van der Waals surface area contributed by atoms with Gasteiger partial charge in [0.1, 0.15) is 5.25 Å². The molecule has 3 heteroatoms. The summed E-state index contributed by atoms with van der Waals surface area (Å²) in [6.07, 6.45) is 2.78. The summed E-state index contributed by atoms with van der Waals surface area (Å²) >= 11 is 3.55. The zero-order valence-electron chi connectivity index (χ0n) is 7.37. The molecule has 0 spiro atoms. The summed E-state index contributed by atoms with van der Waals surface area (Å²) in [7, 11) is 1.75. The van der Waals surface area contributed by atoms with Gasteiger partial charge in [-0.3, -0.25) is 4.79 Å². The fourth-order valence-corrected chi connectivity index (χ4v) is 1.20. The van der Waals surface area contributed by atoms with E-state index < -0.39 is 0 Å². The van der Waals surface area contributed by atoms with Crippen LogP contribution in [0.25, 0.3) is 0 Å². The minimum absolute atomic E-state index is 0.0456. The van der Waals surface area contributed by atoms with Gasteiger partial charge in [0.25, 0.3) is 5.56 Å². The van der Waals surface area contributed by atoms with E-state index in [0.717, 1.165) is 12.0 Å². The molecule has 0 saturated carbocycles. The van der Waals surface area contributed by atoms with Crippen LogP contribution in [0.2, 0.25) is 0 Å². The molecule has 1 aromatic heterocycles. The standard InChI is InChI=1S/C9H13NOS/c1-3-8(12)7-4-5-10(2)9(11)6-7/h4-6,8,12H,3H2,1-2H3/p+1. The topological polar surface area (TPSA) is 22.0 Å². The Hall–Kier alpha value is -0.700. The molecule has 1 atom stereocenters. The van der Waals surface area contributed by atoms with Crippen LogP contribution in [0.4, 0.5) is 0 Å². The lowest BCUT2D eigenvalue weighted by molar-refractivity contribution is 0.831. The molecule has 0 bridgehead atoms. The van der Waals surface area contributed by atoms with Crippen molar-refractivity contribution in [3.63, 3.8) is 0 Å². The lowest BCUT2D eigenvalue weighted by Gasteiger charge is -2.02. The Morgan fingerprint density at radius 1 is 1.67 bits per heavy atom. The number of hydrogen-bond acceptors (Lipinski definition) is 1. The molecular weight excluding hydrogens is 170 g/mol. The monoisotopic (exact) mass is 184 g/mol. The van der Waals surface area contributed by atoms with Crippen molar-refractivity contribution in [1.29, 1.82) is 0 Å². The summed E-state index contributed by atoms with van der Waals surface area (Å²) in [4.78, 5) is 11.2. The summed E-state index contributed by atoms with van der Waals surface area (Å²) in [5, 5.41) is 0.291. The van der Waals surface area contributed by atoms with Gasteiger partial charge in [0, 0.05) is 24.9 Å². The number of hydrogen-bond donors (Lipinski definition) is 0. The maximum absolute atomic E-state index is 11.2. The lowest BCUT2D eigenvalue weighted by Crippen LogP contribution is -2.15. The molecule has 0 fully saturated rings. The molecule has 0 aliphatic carbocycles. The molecule has 1 heterocycles.